The number of hydrogen-bond acceptors (Lipinski definition) is 4. The minimum Gasteiger partial charge on any atom is -0.463 e. The van der Waals surface area contributed by atoms with Crippen LogP contribution in [-0.2, 0) is 16.0 Å². The summed E-state index contributed by atoms with van der Waals surface area (Å²) in [6, 6.07) is 4.16. The summed E-state index contributed by atoms with van der Waals surface area (Å²) in [5.74, 6) is 0.554. The standard InChI is InChI=1S/C15H25N3O2S/c1-4-16-15(17-9-7-13-6-5-11-21-13)18-10-8-14(19)20-12(2)3/h5-6,11-12H,4,7-10H2,1-3H3,(H2,16,17,18). The molecule has 0 aliphatic rings. The fourth-order valence-corrected chi connectivity index (χ4v) is 2.38. The van der Waals surface area contributed by atoms with Gasteiger partial charge in [-0.3, -0.25) is 9.79 Å². The number of esters is 1. The molecule has 0 atom stereocenters. The quantitative estimate of drug-likeness (QED) is 0.439. The Bertz CT molecular complexity index is 430. The number of rotatable bonds is 8. The molecule has 0 fully saturated rings. The first-order valence-electron chi connectivity index (χ1n) is 7.35. The molecule has 1 rings (SSSR count). The Morgan fingerprint density at radius 3 is 2.86 bits per heavy atom. The molecule has 0 aromatic carbocycles. The van der Waals surface area contributed by atoms with E-state index in [1.165, 1.54) is 4.88 Å². The zero-order valence-corrected chi connectivity index (χ0v) is 13.8. The Morgan fingerprint density at radius 2 is 2.24 bits per heavy atom. The van der Waals surface area contributed by atoms with Crippen molar-refractivity contribution in [3.63, 3.8) is 0 Å². The van der Waals surface area contributed by atoms with Gasteiger partial charge in [0.2, 0.25) is 0 Å². The molecule has 0 spiro atoms. The largest absolute Gasteiger partial charge is 0.463 e. The first kappa shape index (κ1) is 17.5. The summed E-state index contributed by atoms with van der Waals surface area (Å²) >= 11 is 1.74. The lowest BCUT2D eigenvalue weighted by Gasteiger charge is -2.12. The molecule has 0 amide bonds. The van der Waals surface area contributed by atoms with Crippen molar-refractivity contribution in [1.29, 1.82) is 0 Å². The first-order valence-corrected chi connectivity index (χ1v) is 8.23. The minimum absolute atomic E-state index is 0.0646. The van der Waals surface area contributed by atoms with Gasteiger partial charge >= 0.3 is 5.97 Å². The number of hydrogen-bond donors (Lipinski definition) is 2. The second kappa shape index (κ2) is 10.2. The van der Waals surface area contributed by atoms with E-state index in [0.717, 1.165) is 25.5 Å². The Hall–Kier alpha value is -1.56. The Labute approximate surface area is 130 Å². The van der Waals surface area contributed by atoms with E-state index in [1.807, 2.05) is 26.8 Å². The van der Waals surface area contributed by atoms with Crippen LogP contribution in [0.3, 0.4) is 0 Å². The van der Waals surface area contributed by atoms with E-state index in [9.17, 15) is 4.79 Å². The van der Waals surface area contributed by atoms with E-state index in [2.05, 4.69) is 27.1 Å². The lowest BCUT2D eigenvalue weighted by Crippen LogP contribution is -2.38. The van der Waals surface area contributed by atoms with Crippen molar-refractivity contribution in [2.75, 3.05) is 19.6 Å². The van der Waals surface area contributed by atoms with Gasteiger partial charge in [0, 0.05) is 30.9 Å². The number of ether oxygens (including phenoxy) is 1. The summed E-state index contributed by atoms with van der Waals surface area (Å²) in [6.45, 7) is 7.76. The van der Waals surface area contributed by atoms with Crippen LogP contribution in [0.25, 0.3) is 0 Å². The van der Waals surface area contributed by atoms with Gasteiger partial charge in [0.25, 0.3) is 0 Å². The monoisotopic (exact) mass is 311 g/mol. The topological polar surface area (TPSA) is 62.7 Å². The van der Waals surface area contributed by atoms with E-state index in [-0.39, 0.29) is 12.1 Å². The van der Waals surface area contributed by atoms with Gasteiger partial charge in [-0.15, -0.1) is 11.3 Å². The molecule has 0 aliphatic heterocycles. The maximum absolute atomic E-state index is 11.4. The van der Waals surface area contributed by atoms with Gasteiger partial charge in [0.1, 0.15) is 0 Å². The fraction of sp³-hybridized carbons (Fsp3) is 0.600. The van der Waals surface area contributed by atoms with Gasteiger partial charge in [0.15, 0.2) is 5.96 Å². The van der Waals surface area contributed by atoms with Crippen LogP contribution in [0.1, 0.15) is 32.1 Å². The number of thiophene rings is 1. The molecule has 6 heteroatoms. The van der Waals surface area contributed by atoms with Crippen LogP contribution >= 0.6 is 11.3 Å². The van der Waals surface area contributed by atoms with Crippen LogP contribution in [0.4, 0.5) is 0 Å². The summed E-state index contributed by atoms with van der Waals surface area (Å²) < 4.78 is 5.08. The molecule has 0 saturated carbocycles. The number of carbonyl (C=O) groups excluding carboxylic acids is 1. The maximum atomic E-state index is 11.4. The van der Waals surface area contributed by atoms with E-state index in [1.54, 1.807) is 11.3 Å². The molecule has 1 heterocycles. The zero-order chi connectivity index (χ0) is 15.5. The minimum atomic E-state index is -0.188. The van der Waals surface area contributed by atoms with Crippen molar-refractivity contribution < 1.29 is 9.53 Å². The molecule has 1 aromatic rings. The van der Waals surface area contributed by atoms with Gasteiger partial charge in [0.05, 0.1) is 12.5 Å². The van der Waals surface area contributed by atoms with Crippen molar-refractivity contribution in [3.05, 3.63) is 22.4 Å². The zero-order valence-electron chi connectivity index (χ0n) is 13.0. The molecule has 1 aromatic heterocycles. The summed E-state index contributed by atoms with van der Waals surface area (Å²) in [6.07, 6.45) is 1.21. The molecule has 118 valence electrons. The number of nitrogens with zero attached hydrogens (tertiary/aromatic N) is 1. The smallest absolute Gasteiger partial charge is 0.307 e. The molecule has 0 aliphatic carbocycles. The summed E-state index contributed by atoms with van der Waals surface area (Å²) in [5.41, 5.74) is 0. The van der Waals surface area contributed by atoms with Gasteiger partial charge in [-0.25, -0.2) is 0 Å². The van der Waals surface area contributed by atoms with Crippen molar-refractivity contribution >= 4 is 23.3 Å². The average Bonchev–Trinajstić information content (AvgIpc) is 2.91. The van der Waals surface area contributed by atoms with Crippen molar-refractivity contribution in [3.8, 4) is 0 Å². The average molecular weight is 311 g/mol. The van der Waals surface area contributed by atoms with Crippen LogP contribution < -0.4 is 10.6 Å². The molecule has 5 nitrogen and oxygen atoms in total. The third-order valence-electron chi connectivity index (χ3n) is 2.54. The normalized spacial score (nSPS) is 11.5. The molecular formula is C15H25N3O2S. The van der Waals surface area contributed by atoms with Crippen LogP contribution in [0.5, 0.6) is 0 Å². The summed E-state index contributed by atoms with van der Waals surface area (Å²) in [5, 5.41) is 8.39. The second-order valence-electron chi connectivity index (χ2n) is 4.81. The highest BCUT2D eigenvalue weighted by atomic mass is 32.1. The third-order valence-corrected chi connectivity index (χ3v) is 3.48. The molecular weight excluding hydrogens is 286 g/mol. The van der Waals surface area contributed by atoms with Gasteiger partial charge in [-0.05, 0) is 32.2 Å². The Balaban J connectivity index is 2.29. The van der Waals surface area contributed by atoms with Crippen molar-refractivity contribution in [1.82, 2.24) is 10.6 Å². The summed E-state index contributed by atoms with van der Waals surface area (Å²) in [4.78, 5) is 17.3. The van der Waals surface area contributed by atoms with E-state index >= 15 is 0 Å². The van der Waals surface area contributed by atoms with Gasteiger partial charge in [-0.1, -0.05) is 6.07 Å². The maximum Gasteiger partial charge on any atom is 0.307 e. The third kappa shape index (κ3) is 8.34. The number of guanidine groups is 1. The predicted molar refractivity (Wildman–Crippen MR) is 87.8 cm³/mol. The highest BCUT2D eigenvalue weighted by Crippen LogP contribution is 2.08. The molecule has 0 saturated heterocycles. The first-order chi connectivity index (χ1) is 10.1. The molecule has 0 unspecified atom stereocenters. The highest BCUT2D eigenvalue weighted by molar-refractivity contribution is 7.09. The molecule has 0 radical (unpaired) electrons. The number of nitrogens with one attached hydrogen (secondary N) is 2. The van der Waals surface area contributed by atoms with E-state index in [0.29, 0.717) is 13.0 Å². The van der Waals surface area contributed by atoms with E-state index in [4.69, 9.17) is 4.74 Å². The molecule has 21 heavy (non-hydrogen) atoms. The van der Waals surface area contributed by atoms with Crippen molar-refractivity contribution in [2.24, 2.45) is 4.99 Å². The lowest BCUT2D eigenvalue weighted by atomic mass is 10.3. The number of aliphatic imine (C=N–C) groups is 1. The van der Waals surface area contributed by atoms with Crippen LogP contribution in [0.15, 0.2) is 22.5 Å². The van der Waals surface area contributed by atoms with Crippen LogP contribution in [0.2, 0.25) is 0 Å². The lowest BCUT2D eigenvalue weighted by molar-refractivity contribution is -0.147. The number of carbonyl (C=O) groups is 1. The Morgan fingerprint density at radius 1 is 1.43 bits per heavy atom. The highest BCUT2D eigenvalue weighted by Gasteiger charge is 2.05. The molecule has 2 N–H and O–H groups in total. The predicted octanol–water partition coefficient (Wildman–Crippen LogP) is 2.19. The van der Waals surface area contributed by atoms with Gasteiger partial charge < -0.3 is 15.4 Å². The van der Waals surface area contributed by atoms with Crippen LogP contribution in [-0.4, -0.2) is 37.7 Å². The summed E-state index contributed by atoms with van der Waals surface area (Å²) in [7, 11) is 0. The SMILES string of the molecule is CCNC(=NCCc1cccs1)NCCC(=O)OC(C)C. The van der Waals surface area contributed by atoms with Crippen LogP contribution in [0, 0.1) is 0 Å². The van der Waals surface area contributed by atoms with Crippen molar-refractivity contribution in [2.45, 2.75) is 39.7 Å². The van der Waals surface area contributed by atoms with E-state index < -0.39 is 0 Å². The Kier molecular flexibility index (Phi) is 8.50. The van der Waals surface area contributed by atoms with Gasteiger partial charge in [-0.2, -0.15) is 0 Å². The second-order valence-corrected chi connectivity index (χ2v) is 5.84. The fourth-order valence-electron chi connectivity index (χ4n) is 1.68. The molecule has 0 bridgehead atoms.